The van der Waals surface area contributed by atoms with Gasteiger partial charge in [0, 0.05) is 6.04 Å². The molecule has 0 spiro atoms. The number of carbonyl (C=O) groups excluding carboxylic acids is 2. The molecule has 2 amide bonds. The minimum absolute atomic E-state index is 0.0506. The summed E-state index contributed by atoms with van der Waals surface area (Å²) in [6.45, 7) is 3.48. The van der Waals surface area contributed by atoms with E-state index in [1.54, 1.807) is 0 Å². The Hall–Kier alpha value is -1.88. The van der Waals surface area contributed by atoms with Crippen molar-refractivity contribution in [2.24, 2.45) is 5.92 Å². The molecule has 2 aliphatic heterocycles. The summed E-state index contributed by atoms with van der Waals surface area (Å²) in [6, 6.07) is 7.47. The van der Waals surface area contributed by atoms with Crippen molar-refractivity contribution in [3.63, 3.8) is 0 Å². The van der Waals surface area contributed by atoms with Crippen LogP contribution in [-0.4, -0.2) is 41.9 Å². The van der Waals surface area contributed by atoms with E-state index in [1.807, 2.05) is 31.2 Å². The fraction of sp³-hybridized carbons (Fsp3) is 0.619. The maximum Gasteiger partial charge on any atom is 0.251 e. The molecule has 2 heterocycles. The van der Waals surface area contributed by atoms with Crippen LogP contribution in [0.3, 0.4) is 0 Å². The number of fused-ring (bicyclic) bond motifs is 1. The molecule has 0 N–H and O–H groups in total. The number of benzene rings is 1. The Morgan fingerprint density at radius 3 is 2.54 bits per heavy atom. The predicted molar refractivity (Wildman–Crippen MR) is 100 cm³/mol. The summed E-state index contributed by atoms with van der Waals surface area (Å²) in [7, 11) is 0. The molecule has 0 radical (unpaired) electrons. The average Bonchev–Trinajstić information content (AvgIpc) is 2.96. The summed E-state index contributed by atoms with van der Waals surface area (Å²) in [6.07, 6.45) is 7.74. The van der Waals surface area contributed by atoms with E-state index in [4.69, 9.17) is 4.74 Å². The molecule has 5 nitrogen and oxygen atoms in total. The van der Waals surface area contributed by atoms with E-state index in [9.17, 15) is 9.59 Å². The third-order valence-corrected chi connectivity index (χ3v) is 6.22. The highest BCUT2D eigenvalue weighted by Crippen LogP contribution is 2.38. The van der Waals surface area contributed by atoms with Crippen LogP contribution in [0.15, 0.2) is 24.3 Å². The Morgan fingerprint density at radius 1 is 1.04 bits per heavy atom. The van der Waals surface area contributed by atoms with Gasteiger partial charge in [0.15, 0.2) is 0 Å². The maximum atomic E-state index is 13.1. The maximum absolute atomic E-state index is 13.1. The van der Waals surface area contributed by atoms with E-state index >= 15 is 0 Å². The van der Waals surface area contributed by atoms with Gasteiger partial charge in [0.2, 0.25) is 5.91 Å². The number of amides is 2. The zero-order valence-corrected chi connectivity index (χ0v) is 15.5. The molecule has 26 heavy (non-hydrogen) atoms. The topological polar surface area (TPSA) is 49.9 Å². The molecule has 0 unspecified atom stereocenters. The molecule has 1 aliphatic carbocycles. The summed E-state index contributed by atoms with van der Waals surface area (Å²) in [5.74, 6) is 1.33. The second-order valence-electron chi connectivity index (χ2n) is 7.71. The van der Waals surface area contributed by atoms with Crippen molar-refractivity contribution in [1.29, 1.82) is 0 Å². The van der Waals surface area contributed by atoms with Crippen molar-refractivity contribution >= 4 is 17.5 Å². The average molecular weight is 356 g/mol. The van der Waals surface area contributed by atoms with Crippen molar-refractivity contribution in [3.05, 3.63) is 24.3 Å². The second kappa shape index (κ2) is 7.39. The van der Waals surface area contributed by atoms with Gasteiger partial charge in [-0.3, -0.25) is 14.5 Å². The van der Waals surface area contributed by atoms with Gasteiger partial charge in [-0.15, -0.1) is 0 Å². The molecule has 3 fully saturated rings. The van der Waals surface area contributed by atoms with Gasteiger partial charge in [0.25, 0.3) is 5.91 Å². The van der Waals surface area contributed by atoms with Crippen molar-refractivity contribution < 1.29 is 14.3 Å². The van der Waals surface area contributed by atoms with Gasteiger partial charge in [-0.05, 0) is 69.3 Å². The first kappa shape index (κ1) is 17.5. The first-order valence-corrected chi connectivity index (χ1v) is 10.0. The van der Waals surface area contributed by atoms with Crippen LogP contribution in [0.4, 0.5) is 5.69 Å². The first-order valence-electron chi connectivity index (χ1n) is 10.0. The number of anilines is 1. The van der Waals surface area contributed by atoms with Crippen LogP contribution >= 0.6 is 0 Å². The zero-order chi connectivity index (χ0) is 18.1. The lowest BCUT2D eigenvalue weighted by Gasteiger charge is -2.46. The van der Waals surface area contributed by atoms with Crippen LogP contribution in [0.2, 0.25) is 0 Å². The predicted octanol–water partition coefficient (Wildman–Crippen LogP) is 3.37. The van der Waals surface area contributed by atoms with Crippen LogP contribution in [-0.2, 0) is 9.59 Å². The van der Waals surface area contributed by atoms with Gasteiger partial charge >= 0.3 is 0 Å². The number of ether oxygens (including phenoxy) is 1. The molecule has 3 aliphatic rings. The quantitative estimate of drug-likeness (QED) is 0.776. The van der Waals surface area contributed by atoms with E-state index in [1.165, 1.54) is 37.0 Å². The highest BCUT2D eigenvalue weighted by atomic mass is 16.5. The highest BCUT2D eigenvalue weighted by molar-refractivity contribution is 6.22. The number of hydrogen-bond donors (Lipinski definition) is 0. The fourth-order valence-corrected chi connectivity index (χ4v) is 5.05. The smallest absolute Gasteiger partial charge is 0.251 e. The molecule has 4 rings (SSSR count). The van der Waals surface area contributed by atoms with E-state index in [0.29, 0.717) is 30.7 Å². The van der Waals surface area contributed by atoms with Crippen molar-refractivity contribution in [2.45, 2.75) is 64.0 Å². The second-order valence-corrected chi connectivity index (χ2v) is 7.71. The Labute approximate surface area is 155 Å². The number of hydrogen-bond acceptors (Lipinski definition) is 4. The number of carbonyl (C=O) groups is 2. The summed E-state index contributed by atoms with van der Waals surface area (Å²) >= 11 is 0. The van der Waals surface area contributed by atoms with Gasteiger partial charge < -0.3 is 4.74 Å². The molecule has 0 aromatic heterocycles. The number of rotatable bonds is 4. The Balaban J connectivity index is 1.53. The zero-order valence-electron chi connectivity index (χ0n) is 15.5. The van der Waals surface area contributed by atoms with E-state index in [-0.39, 0.29) is 17.9 Å². The van der Waals surface area contributed by atoms with Gasteiger partial charge in [0.1, 0.15) is 5.75 Å². The molecular formula is C21H28N2O3. The molecule has 1 saturated carbocycles. The van der Waals surface area contributed by atoms with E-state index in [2.05, 4.69) is 4.90 Å². The lowest BCUT2D eigenvalue weighted by atomic mass is 9.77. The minimum atomic E-state index is -0.278. The van der Waals surface area contributed by atoms with Gasteiger partial charge in [-0.25, -0.2) is 4.90 Å². The van der Waals surface area contributed by atoms with E-state index in [0.717, 1.165) is 18.7 Å². The van der Waals surface area contributed by atoms with Crippen molar-refractivity contribution in [1.82, 2.24) is 4.90 Å². The Kier molecular flexibility index (Phi) is 4.98. The largest absolute Gasteiger partial charge is 0.494 e. The van der Waals surface area contributed by atoms with Crippen LogP contribution in [0, 0.1) is 5.92 Å². The molecule has 5 heteroatoms. The van der Waals surface area contributed by atoms with Crippen LogP contribution in [0.25, 0.3) is 0 Å². The van der Waals surface area contributed by atoms with Crippen molar-refractivity contribution in [3.8, 4) is 5.75 Å². The third kappa shape index (κ3) is 3.13. The number of imide groups is 1. The minimum Gasteiger partial charge on any atom is -0.494 e. The van der Waals surface area contributed by atoms with E-state index < -0.39 is 0 Å². The number of likely N-dealkylation sites (tertiary alicyclic amines) is 1. The number of nitrogens with zero attached hydrogens (tertiary/aromatic N) is 2. The lowest BCUT2D eigenvalue weighted by molar-refractivity contribution is -0.124. The Bertz CT molecular complexity index is 670. The molecule has 3 atom stereocenters. The molecule has 2 saturated heterocycles. The van der Waals surface area contributed by atoms with Gasteiger partial charge in [-0.2, -0.15) is 0 Å². The molecule has 1 aromatic rings. The van der Waals surface area contributed by atoms with Crippen LogP contribution < -0.4 is 9.64 Å². The Morgan fingerprint density at radius 2 is 1.77 bits per heavy atom. The molecule has 140 valence electrons. The SMILES string of the molecule is CCOc1ccc(N2C(=O)C[C@@H](N3CCC[C@H]4CCCC[C@@H]43)C2=O)cc1. The standard InChI is InChI=1S/C21H28N2O3/c1-2-26-17-11-9-16(10-12-17)23-20(24)14-19(21(23)25)22-13-5-7-15-6-3-4-8-18(15)22/h9-12,15,18-19H,2-8,13-14H2,1H3/t15-,18+,19-/m1/s1. The normalized spacial score (nSPS) is 29.7. The summed E-state index contributed by atoms with van der Waals surface area (Å²) in [5.41, 5.74) is 0.656. The number of piperidine rings is 1. The van der Waals surface area contributed by atoms with Crippen LogP contribution in [0.5, 0.6) is 5.75 Å². The fourth-order valence-electron chi connectivity index (χ4n) is 5.05. The summed E-state index contributed by atoms with van der Waals surface area (Å²) < 4.78 is 5.46. The lowest BCUT2D eigenvalue weighted by Crippen LogP contribution is -2.54. The summed E-state index contributed by atoms with van der Waals surface area (Å²) in [5, 5.41) is 0. The monoisotopic (exact) mass is 356 g/mol. The summed E-state index contributed by atoms with van der Waals surface area (Å²) in [4.78, 5) is 29.5. The molecular weight excluding hydrogens is 328 g/mol. The molecule has 1 aromatic carbocycles. The molecule has 0 bridgehead atoms. The first-order chi connectivity index (χ1) is 12.7. The third-order valence-electron chi connectivity index (χ3n) is 6.22. The van der Waals surface area contributed by atoms with Crippen LogP contribution in [0.1, 0.15) is 51.9 Å². The van der Waals surface area contributed by atoms with Crippen molar-refractivity contribution in [2.75, 3.05) is 18.1 Å². The van der Waals surface area contributed by atoms with Gasteiger partial charge in [0.05, 0.1) is 24.8 Å². The van der Waals surface area contributed by atoms with Gasteiger partial charge in [-0.1, -0.05) is 12.8 Å². The highest BCUT2D eigenvalue weighted by Gasteiger charge is 2.47.